The van der Waals surface area contributed by atoms with Crippen LogP contribution in [0.15, 0.2) is 5.38 Å². The minimum Gasteiger partial charge on any atom is -0.384 e. The topological polar surface area (TPSA) is 36.4 Å². The van der Waals surface area contributed by atoms with Crippen LogP contribution >= 0.6 is 11.3 Å². The van der Waals surface area contributed by atoms with Crippen molar-refractivity contribution in [2.24, 2.45) is 0 Å². The molecule has 0 aromatic carbocycles. The van der Waals surface area contributed by atoms with E-state index in [9.17, 15) is 13.9 Å². The smallest absolute Gasteiger partial charge is 0.292 e. The van der Waals surface area contributed by atoms with Gasteiger partial charge in [0.1, 0.15) is 6.10 Å². The van der Waals surface area contributed by atoms with Crippen molar-refractivity contribution in [3.63, 3.8) is 0 Å². The normalized spacial score (nSPS) is 27.9. The maximum absolute atomic E-state index is 14.0. The Bertz CT molecular complexity index is 497. The van der Waals surface area contributed by atoms with Crippen molar-refractivity contribution in [1.82, 2.24) is 4.98 Å². The van der Waals surface area contributed by atoms with Gasteiger partial charge in [0.15, 0.2) is 5.13 Å². The van der Waals surface area contributed by atoms with Crippen LogP contribution in [0, 0.1) is 0 Å². The third-order valence-corrected chi connectivity index (χ3v) is 5.50. The molecule has 112 valence electrons. The van der Waals surface area contributed by atoms with Gasteiger partial charge in [-0.05, 0) is 18.8 Å². The minimum absolute atomic E-state index is 0.285. The quantitative estimate of drug-likeness (QED) is 0.909. The number of aromatic nitrogens is 1. The molecule has 3 rings (SSSR count). The maximum Gasteiger partial charge on any atom is 0.292 e. The first-order valence-electron chi connectivity index (χ1n) is 7.16. The number of rotatable bonds is 2. The van der Waals surface area contributed by atoms with Gasteiger partial charge in [-0.1, -0.05) is 26.7 Å². The summed E-state index contributed by atoms with van der Waals surface area (Å²) in [5, 5.41) is 12.7. The van der Waals surface area contributed by atoms with Gasteiger partial charge in [0, 0.05) is 5.38 Å². The van der Waals surface area contributed by atoms with Crippen LogP contribution in [-0.2, 0) is 0 Å². The van der Waals surface area contributed by atoms with E-state index in [1.54, 1.807) is 4.90 Å². The number of hydrogen-bond donors (Lipinski definition) is 1. The van der Waals surface area contributed by atoms with Gasteiger partial charge in [-0.15, -0.1) is 11.3 Å². The fraction of sp³-hybridized carbons (Fsp3) is 0.786. The third kappa shape index (κ3) is 1.96. The van der Waals surface area contributed by atoms with Gasteiger partial charge in [0.05, 0.1) is 17.8 Å². The molecule has 1 saturated heterocycles. The van der Waals surface area contributed by atoms with Crippen molar-refractivity contribution in [1.29, 1.82) is 0 Å². The lowest BCUT2D eigenvalue weighted by Crippen LogP contribution is -2.50. The summed E-state index contributed by atoms with van der Waals surface area (Å²) in [6.45, 7) is 3.66. The van der Waals surface area contributed by atoms with E-state index in [1.165, 1.54) is 11.3 Å². The van der Waals surface area contributed by atoms with Crippen molar-refractivity contribution in [3.05, 3.63) is 11.1 Å². The molecule has 2 aliphatic rings. The Hall–Kier alpha value is -0.750. The molecule has 0 bridgehead atoms. The number of halogens is 2. The monoisotopic (exact) mass is 302 g/mol. The zero-order chi connectivity index (χ0) is 14.5. The molecular weight excluding hydrogens is 282 g/mol. The van der Waals surface area contributed by atoms with Gasteiger partial charge in [0.2, 0.25) is 0 Å². The second-order valence-corrected chi connectivity index (χ2v) is 7.11. The Labute approximate surface area is 121 Å². The summed E-state index contributed by atoms with van der Waals surface area (Å²) in [6, 6.07) is 0. The highest BCUT2D eigenvalue weighted by atomic mass is 32.1. The number of nitrogens with zero attached hydrogens (tertiary/aromatic N) is 2. The highest BCUT2D eigenvalue weighted by Gasteiger charge is 2.64. The van der Waals surface area contributed by atoms with Crippen LogP contribution in [0.25, 0.3) is 0 Å². The molecule has 1 aromatic heterocycles. The molecule has 0 radical (unpaired) electrons. The van der Waals surface area contributed by atoms with Crippen molar-refractivity contribution < 1.29 is 13.9 Å². The van der Waals surface area contributed by atoms with Crippen LogP contribution in [0.3, 0.4) is 0 Å². The lowest BCUT2D eigenvalue weighted by molar-refractivity contribution is -0.0949. The molecule has 20 heavy (non-hydrogen) atoms. The molecule has 0 amide bonds. The van der Waals surface area contributed by atoms with Gasteiger partial charge >= 0.3 is 0 Å². The van der Waals surface area contributed by atoms with E-state index in [2.05, 4.69) is 4.98 Å². The first-order valence-corrected chi connectivity index (χ1v) is 8.04. The van der Waals surface area contributed by atoms with E-state index < -0.39 is 24.1 Å². The van der Waals surface area contributed by atoms with E-state index in [1.807, 2.05) is 19.2 Å². The van der Waals surface area contributed by atoms with Crippen LogP contribution in [0.5, 0.6) is 0 Å². The summed E-state index contributed by atoms with van der Waals surface area (Å²) in [5.41, 5.74) is 0.123. The van der Waals surface area contributed by atoms with E-state index in [0.29, 0.717) is 18.0 Å². The van der Waals surface area contributed by atoms with Crippen molar-refractivity contribution in [2.45, 2.75) is 63.0 Å². The van der Waals surface area contributed by atoms with E-state index in [0.717, 1.165) is 18.5 Å². The second-order valence-electron chi connectivity index (χ2n) is 6.27. The first kappa shape index (κ1) is 14.2. The molecule has 2 fully saturated rings. The second kappa shape index (κ2) is 4.63. The molecule has 1 N–H and O–H groups in total. The molecule has 2 heterocycles. The molecule has 1 aliphatic carbocycles. The Morgan fingerprint density at radius 1 is 1.40 bits per heavy atom. The number of anilines is 1. The summed E-state index contributed by atoms with van der Waals surface area (Å²) < 4.78 is 28.0. The Morgan fingerprint density at radius 2 is 2.05 bits per heavy atom. The highest BCUT2D eigenvalue weighted by Crippen LogP contribution is 2.51. The van der Waals surface area contributed by atoms with Gasteiger partial charge in [-0.25, -0.2) is 13.8 Å². The lowest BCUT2D eigenvalue weighted by atomic mass is 9.90. The van der Waals surface area contributed by atoms with Gasteiger partial charge < -0.3 is 10.0 Å². The van der Waals surface area contributed by atoms with Gasteiger partial charge in [0.25, 0.3) is 5.92 Å². The van der Waals surface area contributed by atoms with E-state index >= 15 is 0 Å². The van der Waals surface area contributed by atoms with E-state index in [4.69, 9.17) is 0 Å². The van der Waals surface area contributed by atoms with Crippen LogP contribution in [0.2, 0.25) is 0 Å². The molecule has 6 heteroatoms. The number of hydrogen-bond acceptors (Lipinski definition) is 4. The highest BCUT2D eigenvalue weighted by molar-refractivity contribution is 7.13. The summed E-state index contributed by atoms with van der Waals surface area (Å²) in [5.74, 6) is -2.76. The van der Waals surface area contributed by atoms with Crippen LogP contribution in [0.4, 0.5) is 13.9 Å². The summed E-state index contributed by atoms with van der Waals surface area (Å²) in [7, 11) is 0. The van der Waals surface area contributed by atoms with Crippen molar-refractivity contribution in [2.75, 3.05) is 11.4 Å². The molecule has 1 saturated carbocycles. The van der Waals surface area contributed by atoms with Crippen molar-refractivity contribution in [3.8, 4) is 0 Å². The largest absolute Gasteiger partial charge is 0.384 e. The van der Waals surface area contributed by atoms with Gasteiger partial charge in [-0.2, -0.15) is 0 Å². The first-order chi connectivity index (χ1) is 9.37. The summed E-state index contributed by atoms with van der Waals surface area (Å²) in [6.07, 6.45) is 1.46. The third-order valence-electron chi connectivity index (χ3n) is 4.62. The van der Waals surface area contributed by atoms with Crippen LogP contribution in [0.1, 0.15) is 51.1 Å². The molecule has 1 atom stereocenters. The lowest BCUT2D eigenvalue weighted by Gasteiger charge is -2.36. The minimum atomic E-state index is -3.05. The summed E-state index contributed by atoms with van der Waals surface area (Å²) >= 11 is 1.41. The molecule has 1 aromatic rings. The van der Waals surface area contributed by atoms with Gasteiger partial charge in [-0.3, -0.25) is 0 Å². The molecule has 1 spiro atoms. The fourth-order valence-electron chi connectivity index (χ4n) is 3.45. The Morgan fingerprint density at radius 3 is 2.60 bits per heavy atom. The number of alkyl halides is 2. The molecular formula is C14H20F2N2OS. The number of aliphatic hydroxyl groups excluding tert-OH is 1. The molecule has 1 unspecified atom stereocenters. The average Bonchev–Trinajstić information content (AvgIpc) is 3.07. The SMILES string of the molecule is CC(C)c1csc(N2CC(F)(F)C(O)C23CCCC3)n1. The van der Waals surface area contributed by atoms with Crippen LogP contribution in [-0.4, -0.2) is 34.2 Å². The van der Waals surface area contributed by atoms with Crippen LogP contribution < -0.4 is 4.90 Å². The molecule has 1 aliphatic heterocycles. The average molecular weight is 302 g/mol. The number of thiazole rings is 1. The maximum atomic E-state index is 14.0. The predicted molar refractivity (Wildman–Crippen MR) is 75.7 cm³/mol. The Kier molecular flexibility index (Phi) is 3.29. The Balaban J connectivity index is 1.98. The number of aliphatic hydroxyl groups is 1. The zero-order valence-electron chi connectivity index (χ0n) is 11.8. The molecule has 3 nitrogen and oxygen atoms in total. The predicted octanol–water partition coefficient (Wildman–Crippen LogP) is 3.40. The van der Waals surface area contributed by atoms with E-state index in [-0.39, 0.29) is 5.92 Å². The van der Waals surface area contributed by atoms with Crippen molar-refractivity contribution >= 4 is 16.5 Å². The summed E-state index contributed by atoms with van der Waals surface area (Å²) in [4.78, 5) is 6.19. The standard InChI is InChI=1S/C14H20F2N2OS/c1-9(2)10-7-20-12(17-10)18-8-14(15,16)11(19)13(18)5-3-4-6-13/h7,9,11,19H,3-6,8H2,1-2H3. The fourth-order valence-corrected chi connectivity index (χ4v) is 4.53. The zero-order valence-corrected chi connectivity index (χ0v) is 12.6.